The molecule has 1 saturated heterocycles. The van der Waals surface area contributed by atoms with Crippen LogP contribution in [0.4, 0.5) is 9.18 Å². The van der Waals surface area contributed by atoms with E-state index >= 15 is 0 Å². The quantitative estimate of drug-likeness (QED) is 0.757. The number of nitrogens with zero attached hydrogens (tertiary/aromatic N) is 2. The minimum Gasteiger partial charge on any atom is -0.342 e. The Morgan fingerprint density at radius 1 is 1.42 bits per heavy atom. The van der Waals surface area contributed by atoms with Gasteiger partial charge in [-0.25, -0.2) is 14.2 Å². The number of benzene rings is 1. The van der Waals surface area contributed by atoms with Gasteiger partial charge in [0.05, 0.1) is 16.8 Å². The molecule has 26 heavy (non-hydrogen) atoms. The summed E-state index contributed by atoms with van der Waals surface area (Å²) in [6.07, 6.45) is 0. The monoisotopic (exact) mass is 373 g/mol. The molecule has 0 spiro atoms. The minimum atomic E-state index is -0.772. The van der Waals surface area contributed by atoms with Crippen LogP contribution in [0.25, 0.3) is 0 Å². The third-order valence-electron chi connectivity index (χ3n) is 3.83. The van der Waals surface area contributed by atoms with E-state index in [1.807, 2.05) is 6.07 Å². The second kappa shape index (κ2) is 7.37. The topological polar surface area (TPSA) is 107 Å². The summed E-state index contributed by atoms with van der Waals surface area (Å²) in [6.45, 7) is 0.146. The van der Waals surface area contributed by atoms with E-state index in [2.05, 4.69) is 20.9 Å². The molecule has 0 radical (unpaired) electrons. The van der Waals surface area contributed by atoms with Crippen LogP contribution in [0.15, 0.2) is 36.4 Å². The summed E-state index contributed by atoms with van der Waals surface area (Å²) in [5, 5.41) is 16.7. The first kappa shape index (κ1) is 17.6. The molecule has 0 unspecified atom stereocenters. The SMILES string of the molecule is N#Cc1cccc([C@H](NC(=O)[C@@H]2CNC(=O)N2)c2ccc(F)c(Cl)c2)n1. The van der Waals surface area contributed by atoms with Crippen molar-refractivity contribution >= 4 is 23.5 Å². The largest absolute Gasteiger partial charge is 0.342 e. The molecular formula is C17H13ClFN5O2. The number of halogens is 2. The number of nitrogens with one attached hydrogen (secondary N) is 3. The van der Waals surface area contributed by atoms with Gasteiger partial charge in [0.2, 0.25) is 5.91 Å². The molecule has 1 aliphatic heterocycles. The van der Waals surface area contributed by atoms with Crippen molar-refractivity contribution in [1.82, 2.24) is 20.9 Å². The number of carbonyl (C=O) groups excluding carboxylic acids is 2. The third-order valence-corrected chi connectivity index (χ3v) is 4.12. The number of rotatable bonds is 4. The zero-order valence-electron chi connectivity index (χ0n) is 13.3. The smallest absolute Gasteiger partial charge is 0.315 e. The Labute approximate surface area is 153 Å². The first-order chi connectivity index (χ1) is 12.5. The van der Waals surface area contributed by atoms with Gasteiger partial charge in [-0.05, 0) is 29.8 Å². The number of carbonyl (C=O) groups is 2. The number of hydrogen-bond donors (Lipinski definition) is 3. The number of pyridine rings is 1. The zero-order chi connectivity index (χ0) is 18.7. The summed E-state index contributed by atoms with van der Waals surface area (Å²) in [5.74, 6) is -1.04. The van der Waals surface area contributed by atoms with E-state index in [0.29, 0.717) is 11.3 Å². The number of hydrogen-bond acceptors (Lipinski definition) is 4. The van der Waals surface area contributed by atoms with Crippen LogP contribution in [0.3, 0.4) is 0 Å². The lowest BCUT2D eigenvalue weighted by Gasteiger charge is -2.21. The Bertz CT molecular complexity index is 914. The fraction of sp³-hybridized carbons (Fsp3) is 0.176. The lowest BCUT2D eigenvalue weighted by Crippen LogP contribution is -2.44. The van der Waals surface area contributed by atoms with Crippen molar-refractivity contribution < 1.29 is 14.0 Å². The first-order valence-corrected chi connectivity index (χ1v) is 8.02. The molecule has 1 fully saturated rings. The van der Waals surface area contributed by atoms with Gasteiger partial charge >= 0.3 is 6.03 Å². The van der Waals surface area contributed by atoms with Crippen LogP contribution >= 0.6 is 11.6 Å². The molecule has 3 rings (SSSR count). The van der Waals surface area contributed by atoms with Gasteiger partial charge < -0.3 is 16.0 Å². The maximum atomic E-state index is 13.5. The van der Waals surface area contributed by atoms with Crippen LogP contribution in [-0.4, -0.2) is 29.5 Å². The molecule has 9 heteroatoms. The van der Waals surface area contributed by atoms with E-state index in [1.165, 1.54) is 24.3 Å². The molecule has 3 amide bonds. The van der Waals surface area contributed by atoms with Gasteiger partial charge in [-0.15, -0.1) is 0 Å². The van der Waals surface area contributed by atoms with Crippen LogP contribution in [-0.2, 0) is 4.79 Å². The van der Waals surface area contributed by atoms with E-state index in [4.69, 9.17) is 16.9 Å². The van der Waals surface area contributed by atoms with E-state index in [-0.39, 0.29) is 17.3 Å². The van der Waals surface area contributed by atoms with Gasteiger partial charge in [0.25, 0.3) is 0 Å². The fourth-order valence-electron chi connectivity index (χ4n) is 2.55. The Morgan fingerprint density at radius 3 is 2.88 bits per heavy atom. The van der Waals surface area contributed by atoms with Crippen LogP contribution in [0.2, 0.25) is 5.02 Å². The summed E-state index contributed by atoms with van der Waals surface area (Å²) in [4.78, 5) is 27.9. The molecule has 2 heterocycles. The van der Waals surface area contributed by atoms with E-state index < -0.39 is 29.8 Å². The molecule has 0 saturated carbocycles. The van der Waals surface area contributed by atoms with E-state index in [0.717, 1.165) is 0 Å². The maximum absolute atomic E-state index is 13.5. The van der Waals surface area contributed by atoms with Gasteiger partial charge in [0.1, 0.15) is 23.6 Å². The van der Waals surface area contributed by atoms with Gasteiger partial charge in [0.15, 0.2) is 0 Å². The highest BCUT2D eigenvalue weighted by Gasteiger charge is 2.29. The highest BCUT2D eigenvalue weighted by Crippen LogP contribution is 2.25. The van der Waals surface area contributed by atoms with Gasteiger partial charge in [0, 0.05) is 6.54 Å². The van der Waals surface area contributed by atoms with Crippen molar-refractivity contribution in [1.29, 1.82) is 5.26 Å². The van der Waals surface area contributed by atoms with Gasteiger partial charge in [-0.1, -0.05) is 23.7 Å². The predicted molar refractivity (Wildman–Crippen MR) is 90.7 cm³/mol. The lowest BCUT2D eigenvalue weighted by molar-refractivity contribution is -0.122. The molecule has 132 valence electrons. The highest BCUT2D eigenvalue weighted by molar-refractivity contribution is 6.30. The highest BCUT2D eigenvalue weighted by atomic mass is 35.5. The van der Waals surface area contributed by atoms with Crippen LogP contribution in [0.5, 0.6) is 0 Å². The van der Waals surface area contributed by atoms with E-state index in [9.17, 15) is 14.0 Å². The summed E-state index contributed by atoms with van der Waals surface area (Å²) in [7, 11) is 0. The van der Waals surface area contributed by atoms with Crippen LogP contribution in [0, 0.1) is 17.1 Å². The van der Waals surface area contributed by atoms with Crippen molar-refractivity contribution in [2.45, 2.75) is 12.1 Å². The summed E-state index contributed by atoms with van der Waals surface area (Å²) in [5.41, 5.74) is 1.05. The summed E-state index contributed by atoms with van der Waals surface area (Å²) in [6, 6.07) is 8.80. The molecule has 2 atom stereocenters. The summed E-state index contributed by atoms with van der Waals surface area (Å²) < 4.78 is 13.5. The number of nitriles is 1. The average molecular weight is 374 g/mol. The van der Waals surface area contributed by atoms with Crippen molar-refractivity contribution in [2.75, 3.05) is 6.54 Å². The Kier molecular flexibility index (Phi) is 5.00. The molecule has 1 aliphatic rings. The second-order valence-electron chi connectivity index (χ2n) is 5.58. The Balaban J connectivity index is 1.95. The number of urea groups is 1. The van der Waals surface area contributed by atoms with Crippen LogP contribution in [0.1, 0.15) is 23.0 Å². The van der Waals surface area contributed by atoms with Crippen molar-refractivity contribution in [3.8, 4) is 6.07 Å². The van der Waals surface area contributed by atoms with Crippen LogP contribution < -0.4 is 16.0 Å². The zero-order valence-corrected chi connectivity index (χ0v) is 14.0. The van der Waals surface area contributed by atoms with Gasteiger partial charge in [-0.2, -0.15) is 5.26 Å². The molecular weight excluding hydrogens is 361 g/mol. The number of aromatic nitrogens is 1. The molecule has 3 N–H and O–H groups in total. The third kappa shape index (κ3) is 3.73. The predicted octanol–water partition coefficient (Wildman–Crippen LogP) is 1.63. The Hall–Kier alpha value is -3.18. The van der Waals surface area contributed by atoms with Crippen molar-refractivity contribution in [3.05, 3.63) is 64.2 Å². The number of amides is 3. The molecule has 1 aromatic carbocycles. The summed E-state index contributed by atoms with van der Waals surface area (Å²) >= 11 is 5.86. The Morgan fingerprint density at radius 2 is 2.23 bits per heavy atom. The van der Waals surface area contributed by atoms with Crippen molar-refractivity contribution in [3.63, 3.8) is 0 Å². The molecule has 7 nitrogen and oxygen atoms in total. The van der Waals surface area contributed by atoms with Crippen molar-refractivity contribution in [2.24, 2.45) is 0 Å². The normalized spacial score (nSPS) is 17.0. The van der Waals surface area contributed by atoms with Gasteiger partial charge in [-0.3, -0.25) is 4.79 Å². The standard InChI is InChI=1S/C17H13ClFN5O2/c18-11-6-9(4-5-12(11)19)15(13-3-1-2-10(7-20)22-13)24-16(25)14-8-21-17(26)23-14/h1-6,14-15H,8H2,(H,24,25)(H2,21,23,26)/t14-,15+/m0/s1. The average Bonchev–Trinajstić information content (AvgIpc) is 3.08. The lowest BCUT2D eigenvalue weighted by atomic mass is 10.0. The first-order valence-electron chi connectivity index (χ1n) is 7.64. The molecule has 2 aromatic rings. The minimum absolute atomic E-state index is 0.103. The van der Waals surface area contributed by atoms with E-state index in [1.54, 1.807) is 12.1 Å². The molecule has 0 aliphatic carbocycles. The second-order valence-corrected chi connectivity index (χ2v) is 5.99. The molecule has 0 bridgehead atoms. The maximum Gasteiger partial charge on any atom is 0.315 e. The molecule has 1 aromatic heterocycles. The fourth-order valence-corrected chi connectivity index (χ4v) is 2.74.